The van der Waals surface area contributed by atoms with Crippen LogP contribution < -0.4 is 9.48 Å². The molecular weight excluding hydrogens is 468 g/mol. The second-order valence-electron chi connectivity index (χ2n) is 7.97. The third kappa shape index (κ3) is 2.66. The van der Waals surface area contributed by atoms with Gasteiger partial charge in [0.15, 0.2) is 5.71 Å². The zero-order valence-electron chi connectivity index (χ0n) is 18.0. The number of ether oxygens (including phenoxy) is 2. The van der Waals surface area contributed by atoms with Gasteiger partial charge in [0.2, 0.25) is 17.7 Å². The Kier molecular flexibility index (Phi) is 3.92. The van der Waals surface area contributed by atoms with Crippen LogP contribution in [0.1, 0.15) is 21.0 Å². The molecule has 4 aliphatic heterocycles. The second kappa shape index (κ2) is 7.06. The molecular formula is C24H11N6O6+. The van der Waals surface area contributed by atoms with Gasteiger partial charge >= 0.3 is 29.7 Å². The summed E-state index contributed by atoms with van der Waals surface area (Å²) in [5.41, 5.74) is 0.233. The highest BCUT2D eigenvalue weighted by Gasteiger charge is 2.52. The van der Waals surface area contributed by atoms with Crippen LogP contribution in [0, 0.1) is 0 Å². The summed E-state index contributed by atoms with van der Waals surface area (Å²) in [6.45, 7) is 0. The Balaban J connectivity index is 1.60. The first-order valence-corrected chi connectivity index (χ1v) is 10.7. The molecule has 0 amide bonds. The third-order valence-electron chi connectivity index (χ3n) is 5.90. The number of aliphatic imine (C=N–C) groups is 2. The first-order chi connectivity index (χ1) is 17.5. The van der Waals surface area contributed by atoms with Gasteiger partial charge in [0.25, 0.3) is 17.2 Å². The van der Waals surface area contributed by atoms with Crippen molar-refractivity contribution in [1.82, 2.24) is 14.5 Å². The monoisotopic (exact) mass is 479 g/mol. The summed E-state index contributed by atoms with van der Waals surface area (Å²) < 4.78 is 11.0. The maximum absolute atomic E-state index is 12.3. The zero-order valence-corrected chi connectivity index (χ0v) is 18.0. The summed E-state index contributed by atoms with van der Waals surface area (Å²) in [6, 6.07) is 17.8. The van der Waals surface area contributed by atoms with Gasteiger partial charge in [0, 0.05) is 5.69 Å². The van der Waals surface area contributed by atoms with Gasteiger partial charge in [-0.25, -0.2) is 29.2 Å². The van der Waals surface area contributed by atoms with Crippen molar-refractivity contribution in [2.24, 2.45) is 9.98 Å². The van der Waals surface area contributed by atoms with Crippen LogP contribution >= 0.6 is 0 Å². The van der Waals surface area contributed by atoms with Gasteiger partial charge in [-0.05, 0) is 24.3 Å². The largest absolute Gasteiger partial charge is 0.384 e. The molecule has 1 fully saturated rings. The Morgan fingerprint density at radius 2 is 1.33 bits per heavy atom. The minimum Gasteiger partial charge on any atom is -0.382 e. The average Bonchev–Trinajstić information content (AvgIpc) is 3.34. The third-order valence-corrected chi connectivity index (χ3v) is 5.90. The number of benzene rings is 2. The molecule has 172 valence electrons. The van der Waals surface area contributed by atoms with E-state index in [1.54, 1.807) is 58.0 Å². The van der Waals surface area contributed by atoms with E-state index in [1.807, 2.05) is 12.1 Å². The molecule has 3 aromatic rings. The Morgan fingerprint density at radius 1 is 0.722 bits per heavy atom. The number of fused-ring (bicyclic) bond motifs is 4. The summed E-state index contributed by atoms with van der Waals surface area (Å²) >= 11 is 0. The van der Waals surface area contributed by atoms with Crippen LogP contribution in [0.4, 0.5) is 23.0 Å². The van der Waals surface area contributed by atoms with Crippen molar-refractivity contribution in [3.63, 3.8) is 0 Å². The van der Waals surface area contributed by atoms with Gasteiger partial charge in [-0.15, -0.1) is 0 Å². The molecule has 12 nitrogen and oxygen atoms in total. The van der Waals surface area contributed by atoms with Crippen molar-refractivity contribution in [1.29, 1.82) is 0 Å². The van der Waals surface area contributed by atoms with Crippen molar-refractivity contribution in [2.75, 3.05) is 4.90 Å². The highest BCUT2D eigenvalue weighted by Crippen LogP contribution is 2.41. The van der Waals surface area contributed by atoms with Crippen molar-refractivity contribution in [3.05, 3.63) is 72.1 Å². The highest BCUT2D eigenvalue weighted by molar-refractivity contribution is 6.85. The number of carbonyl (C=O) groups is 4. The molecule has 7 rings (SSSR count). The first kappa shape index (κ1) is 20.0. The molecule has 0 aliphatic carbocycles. The molecule has 12 heteroatoms. The van der Waals surface area contributed by atoms with Crippen LogP contribution in [0.3, 0.4) is 0 Å². The molecule has 0 bridgehead atoms. The Hall–Kier alpha value is -5.39. The average molecular weight is 479 g/mol. The lowest BCUT2D eigenvalue weighted by Gasteiger charge is -2.34. The van der Waals surface area contributed by atoms with Gasteiger partial charge in [0.05, 0.1) is 0 Å². The number of nitrogens with zero attached hydrogens (tertiary/aromatic N) is 6. The van der Waals surface area contributed by atoms with Crippen LogP contribution in [0.15, 0.2) is 70.6 Å². The molecule has 1 atom stereocenters. The van der Waals surface area contributed by atoms with E-state index >= 15 is 0 Å². The van der Waals surface area contributed by atoms with Crippen LogP contribution in [-0.4, -0.2) is 57.3 Å². The van der Waals surface area contributed by atoms with E-state index < -0.39 is 30.0 Å². The fourth-order valence-corrected chi connectivity index (χ4v) is 4.38. The molecule has 0 saturated carbocycles. The predicted octanol–water partition coefficient (Wildman–Crippen LogP) is 1.48. The topological polar surface area (TPSA) is 143 Å². The molecule has 1 unspecified atom stereocenters. The molecule has 0 N–H and O–H groups in total. The number of esters is 4. The Labute approximate surface area is 200 Å². The Bertz CT molecular complexity index is 1660. The number of para-hydroxylation sites is 2. The molecule has 0 radical (unpaired) electrons. The number of aromatic nitrogens is 2. The van der Waals surface area contributed by atoms with Crippen molar-refractivity contribution in [3.8, 4) is 0 Å². The van der Waals surface area contributed by atoms with Gasteiger partial charge in [0.1, 0.15) is 5.69 Å². The summed E-state index contributed by atoms with van der Waals surface area (Å²) in [6.07, 6.45) is -0.988. The summed E-state index contributed by atoms with van der Waals surface area (Å²) in [5.74, 6) is -3.11. The smallest absolute Gasteiger partial charge is 0.382 e. The van der Waals surface area contributed by atoms with Gasteiger partial charge in [-0.2, -0.15) is 4.58 Å². The fourth-order valence-electron chi connectivity index (χ4n) is 4.38. The highest BCUT2D eigenvalue weighted by atomic mass is 16.6. The normalized spacial score (nSPS) is 19.7. The molecule has 1 saturated heterocycles. The van der Waals surface area contributed by atoms with Crippen molar-refractivity contribution in [2.45, 2.75) is 6.17 Å². The number of hydrogen-bond acceptors (Lipinski definition) is 11. The first-order valence-electron chi connectivity index (χ1n) is 10.7. The van der Waals surface area contributed by atoms with E-state index in [2.05, 4.69) is 20.0 Å². The number of rotatable bonds is 2. The minimum atomic E-state index is -0.988. The number of cyclic esters (lactones) is 4. The SMILES string of the molecule is O=C1OC(=O)C2=NC3C(=[N+](c4ccccc4)c4nc5c(nc4N3c3ccccc3)C(=O)OC5=O)N=C12. The van der Waals surface area contributed by atoms with Crippen LogP contribution in [0.25, 0.3) is 0 Å². The van der Waals surface area contributed by atoms with Gasteiger partial charge in [-0.3, -0.25) is 4.90 Å². The number of hydrogen-bond donors (Lipinski definition) is 0. The van der Waals surface area contributed by atoms with Gasteiger partial charge < -0.3 is 9.47 Å². The number of amidine groups is 1. The maximum Gasteiger partial charge on any atom is 0.384 e. The van der Waals surface area contributed by atoms with Gasteiger partial charge in [-0.1, -0.05) is 46.4 Å². The van der Waals surface area contributed by atoms with Crippen molar-refractivity contribution < 1.29 is 28.7 Å². The number of anilines is 2. The van der Waals surface area contributed by atoms with E-state index in [-0.39, 0.29) is 40.3 Å². The maximum atomic E-state index is 12.3. The quantitative estimate of drug-likeness (QED) is 0.303. The molecule has 0 spiro atoms. The number of carbonyl (C=O) groups excluding carboxylic acids is 4. The molecule has 4 aliphatic rings. The fraction of sp³-hybridized carbons (Fsp3) is 0.0417. The zero-order chi connectivity index (χ0) is 24.6. The lowest BCUT2D eigenvalue weighted by Crippen LogP contribution is -2.49. The van der Waals surface area contributed by atoms with Crippen molar-refractivity contribution >= 4 is 64.1 Å². The molecule has 5 heterocycles. The van der Waals surface area contributed by atoms with Crippen LogP contribution in [-0.2, 0) is 19.1 Å². The predicted molar refractivity (Wildman–Crippen MR) is 123 cm³/mol. The Morgan fingerprint density at radius 3 is 2.06 bits per heavy atom. The van der Waals surface area contributed by atoms with Crippen LogP contribution in [0.5, 0.6) is 0 Å². The second-order valence-corrected chi connectivity index (χ2v) is 7.97. The van der Waals surface area contributed by atoms with E-state index in [0.29, 0.717) is 11.4 Å². The minimum absolute atomic E-state index is 0.155. The van der Waals surface area contributed by atoms with Crippen LogP contribution in [0.2, 0.25) is 0 Å². The van der Waals surface area contributed by atoms with E-state index in [9.17, 15) is 19.2 Å². The van der Waals surface area contributed by atoms with E-state index in [0.717, 1.165) is 0 Å². The van der Waals surface area contributed by atoms with E-state index in [1.165, 1.54) is 0 Å². The summed E-state index contributed by atoms with van der Waals surface area (Å²) in [4.78, 5) is 69.0. The summed E-state index contributed by atoms with van der Waals surface area (Å²) in [7, 11) is 0. The molecule has 1 aromatic heterocycles. The molecule has 36 heavy (non-hydrogen) atoms. The lowest BCUT2D eigenvalue weighted by atomic mass is 10.1. The van der Waals surface area contributed by atoms with E-state index in [4.69, 9.17) is 9.47 Å². The standard InChI is InChI=1S/C24H11N6O6/c31-21-13-15(23(33)35-21)27-19-17(25-13)29(11-7-3-1-4-8-11)18-20(30(19)12-9-5-2-6-10-12)28-16-14(26-18)22(32)36-24(16)34/h1-10,17H/q+1. The summed E-state index contributed by atoms with van der Waals surface area (Å²) in [5, 5.41) is 0. The molecule has 2 aromatic carbocycles. The lowest BCUT2D eigenvalue weighted by molar-refractivity contribution is -0.147.